The number of Topliss-reactive ketones (excluding diaryl/α,β-unsaturated/α-hetero) is 1. The van der Waals surface area contributed by atoms with Gasteiger partial charge in [0.2, 0.25) is 5.91 Å². The van der Waals surface area contributed by atoms with Crippen molar-refractivity contribution >= 4 is 11.7 Å². The number of nitrogens with one attached hydrogen (secondary N) is 2. The molecule has 2 heterocycles. The van der Waals surface area contributed by atoms with E-state index < -0.39 is 23.2 Å². The van der Waals surface area contributed by atoms with Gasteiger partial charge in [-0.15, -0.1) is 0 Å². The molecular formula is C27H29N5O2. The Balaban J connectivity index is 1.70. The zero-order valence-corrected chi connectivity index (χ0v) is 19.3. The first-order chi connectivity index (χ1) is 16.4. The number of piperidine rings is 1. The second-order valence-electron chi connectivity index (χ2n) is 9.17. The van der Waals surface area contributed by atoms with E-state index in [0.29, 0.717) is 43.6 Å². The number of amides is 1. The summed E-state index contributed by atoms with van der Waals surface area (Å²) in [5, 5.41) is 12.4. The molecule has 174 valence electrons. The smallest absolute Gasteiger partial charge is 0.224 e. The summed E-state index contributed by atoms with van der Waals surface area (Å²) in [6, 6.07) is 17.4. The molecule has 4 N–H and O–H groups in total. The summed E-state index contributed by atoms with van der Waals surface area (Å²) in [7, 11) is 0. The lowest BCUT2D eigenvalue weighted by Crippen LogP contribution is -2.57. The Kier molecular flexibility index (Phi) is 6.90. The Hall–Kier alpha value is -3.76. The van der Waals surface area contributed by atoms with Crippen LogP contribution in [0.2, 0.25) is 0 Å². The van der Waals surface area contributed by atoms with Gasteiger partial charge in [0.15, 0.2) is 0 Å². The monoisotopic (exact) mass is 455 g/mol. The highest BCUT2D eigenvalue weighted by atomic mass is 16.2. The van der Waals surface area contributed by atoms with Gasteiger partial charge in [0.1, 0.15) is 5.78 Å². The van der Waals surface area contributed by atoms with Crippen molar-refractivity contribution in [2.24, 2.45) is 17.1 Å². The molecule has 4 rings (SSSR count). The zero-order valence-electron chi connectivity index (χ0n) is 19.3. The first kappa shape index (κ1) is 23.4. The molecule has 1 aliphatic rings. The van der Waals surface area contributed by atoms with Crippen LogP contribution in [-0.2, 0) is 22.4 Å². The number of nitriles is 1. The third-order valence-electron chi connectivity index (χ3n) is 6.96. The lowest BCUT2D eigenvalue weighted by atomic mass is 9.63. The predicted octanol–water partition coefficient (Wildman–Crippen LogP) is 2.81. The van der Waals surface area contributed by atoms with Gasteiger partial charge >= 0.3 is 0 Å². The quantitative estimate of drug-likeness (QED) is 0.482. The Morgan fingerprint density at radius 1 is 1.24 bits per heavy atom. The number of imidazole rings is 1. The summed E-state index contributed by atoms with van der Waals surface area (Å²) in [4.78, 5) is 34.4. The molecule has 1 fully saturated rings. The van der Waals surface area contributed by atoms with E-state index in [-0.39, 0.29) is 5.78 Å². The van der Waals surface area contributed by atoms with Crippen LogP contribution >= 0.6 is 0 Å². The molecule has 0 saturated carbocycles. The van der Waals surface area contributed by atoms with Crippen LogP contribution in [0.3, 0.4) is 0 Å². The van der Waals surface area contributed by atoms with E-state index in [0.717, 1.165) is 16.7 Å². The fourth-order valence-electron chi connectivity index (χ4n) is 5.10. The molecule has 1 aliphatic heterocycles. The number of aryl methyl sites for hydroxylation is 1. The van der Waals surface area contributed by atoms with Crippen molar-refractivity contribution in [2.45, 2.75) is 32.1 Å². The van der Waals surface area contributed by atoms with Crippen LogP contribution in [0.5, 0.6) is 0 Å². The van der Waals surface area contributed by atoms with Crippen molar-refractivity contribution in [3.8, 4) is 6.07 Å². The Bertz CT molecular complexity index is 1200. The molecule has 0 aliphatic carbocycles. The summed E-state index contributed by atoms with van der Waals surface area (Å²) in [5.41, 5.74) is 9.38. The minimum atomic E-state index is -0.973. The van der Waals surface area contributed by atoms with Crippen molar-refractivity contribution < 1.29 is 9.59 Å². The number of aromatic amines is 1. The van der Waals surface area contributed by atoms with Crippen LogP contribution in [-0.4, -0.2) is 34.7 Å². The zero-order chi connectivity index (χ0) is 24.1. The maximum absolute atomic E-state index is 14.2. The van der Waals surface area contributed by atoms with E-state index in [4.69, 9.17) is 11.0 Å². The van der Waals surface area contributed by atoms with Gasteiger partial charge in [-0.05, 0) is 56.0 Å². The van der Waals surface area contributed by atoms with Gasteiger partial charge in [0.25, 0.3) is 0 Å². The molecule has 2 aromatic carbocycles. The van der Waals surface area contributed by atoms with E-state index in [1.807, 2.05) is 37.3 Å². The first-order valence-corrected chi connectivity index (χ1v) is 11.5. The summed E-state index contributed by atoms with van der Waals surface area (Å²) in [6.45, 7) is 3.03. The van der Waals surface area contributed by atoms with Gasteiger partial charge in [-0.3, -0.25) is 9.59 Å². The molecular weight excluding hydrogens is 426 g/mol. The van der Waals surface area contributed by atoms with Crippen LogP contribution in [0, 0.1) is 29.6 Å². The minimum absolute atomic E-state index is 0.0349. The molecule has 0 spiro atoms. The van der Waals surface area contributed by atoms with Crippen molar-refractivity contribution in [2.75, 3.05) is 13.1 Å². The predicted molar refractivity (Wildman–Crippen MR) is 129 cm³/mol. The Labute approximate surface area is 199 Å². The van der Waals surface area contributed by atoms with Crippen LogP contribution in [0.15, 0.2) is 61.1 Å². The second kappa shape index (κ2) is 10.0. The van der Waals surface area contributed by atoms with Gasteiger partial charge in [-0.1, -0.05) is 42.0 Å². The first-order valence-electron chi connectivity index (χ1n) is 11.5. The van der Waals surface area contributed by atoms with Crippen molar-refractivity contribution in [3.05, 3.63) is 89.0 Å². The molecule has 34 heavy (non-hydrogen) atoms. The fraction of sp³-hybridized carbons (Fsp3) is 0.333. The number of carbonyl (C=O) groups is 2. The molecule has 0 bridgehead atoms. The molecule has 7 nitrogen and oxygen atoms in total. The number of benzene rings is 2. The standard InChI is InChI=1S/C27H29N5O2/c1-18-3-2-4-21(11-18)13-27(26(29)34)9-10-30-15-23(27)25(33)22(24-16-31-17-32-24)12-19-5-7-20(14-28)8-6-19/h2-8,11,16-17,22-23,30H,9-10,12-13,15H2,1H3,(H2,29,34)(H,31,32). The summed E-state index contributed by atoms with van der Waals surface area (Å²) >= 11 is 0. The van der Waals surface area contributed by atoms with Crippen molar-refractivity contribution in [1.82, 2.24) is 15.3 Å². The minimum Gasteiger partial charge on any atom is -0.369 e. The average Bonchev–Trinajstić information content (AvgIpc) is 3.37. The average molecular weight is 456 g/mol. The van der Waals surface area contributed by atoms with Crippen LogP contribution in [0.1, 0.15) is 40.3 Å². The number of primary amides is 1. The summed E-state index contributed by atoms with van der Waals surface area (Å²) in [5.74, 6) is -1.56. The van der Waals surface area contributed by atoms with Crippen molar-refractivity contribution in [1.29, 1.82) is 5.26 Å². The van der Waals surface area contributed by atoms with Gasteiger partial charge in [-0.2, -0.15) is 5.26 Å². The van der Waals surface area contributed by atoms with E-state index in [1.165, 1.54) is 0 Å². The number of aromatic nitrogens is 2. The SMILES string of the molecule is Cc1cccc(CC2(C(N)=O)CCNCC2C(=O)C(Cc2ccc(C#N)cc2)c2cnc[nH]2)c1. The van der Waals surface area contributed by atoms with Gasteiger partial charge < -0.3 is 16.0 Å². The summed E-state index contributed by atoms with van der Waals surface area (Å²) < 4.78 is 0. The Morgan fingerprint density at radius 3 is 2.68 bits per heavy atom. The number of hydrogen-bond acceptors (Lipinski definition) is 5. The van der Waals surface area contributed by atoms with E-state index in [1.54, 1.807) is 24.7 Å². The van der Waals surface area contributed by atoms with E-state index in [9.17, 15) is 9.59 Å². The lowest BCUT2D eigenvalue weighted by molar-refractivity contribution is -0.142. The maximum atomic E-state index is 14.2. The number of nitrogens with two attached hydrogens (primary N) is 1. The number of rotatable bonds is 8. The Morgan fingerprint density at radius 2 is 2.03 bits per heavy atom. The van der Waals surface area contributed by atoms with Crippen LogP contribution in [0.25, 0.3) is 0 Å². The fourth-order valence-corrected chi connectivity index (χ4v) is 5.10. The van der Waals surface area contributed by atoms with Crippen molar-refractivity contribution in [3.63, 3.8) is 0 Å². The normalized spacial score (nSPS) is 20.9. The van der Waals surface area contributed by atoms with Gasteiger partial charge in [0, 0.05) is 24.4 Å². The number of carbonyl (C=O) groups excluding carboxylic acids is 2. The van der Waals surface area contributed by atoms with Crippen LogP contribution < -0.4 is 11.1 Å². The van der Waals surface area contributed by atoms with Crippen LogP contribution in [0.4, 0.5) is 0 Å². The van der Waals surface area contributed by atoms with E-state index in [2.05, 4.69) is 27.4 Å². The molecule has 3 unspecified atom stereocenters. The number of hydrogen-bond donors (Lipinski definition) is 3. The largest absolute Gasteiger partial charge is 0.369 e. The molecule has 3 aromatic rings. The number of nitrogens with zero attached hydrogens (tertiary/aromatic N) is 2. The summed E-state index contributed by atoms with van der Waals surface area (Å²) in [6.07, 6.45) is 4.58. The highest BCUT2D eigenvalue weighted by Crippen LogP contribution is 2.41. The topological polar surface area (TPSA) is 125 Å². The number of ketones is 1. The molecule has 3 atom stereocenters. The van der Waals surface area contributed by atoms with E-state index >= 15 is 0 Å². The van der Waals surface area contributed by atoms with Gasteiger partial charge in [-0.25, -0.2) is 4.98 Å². The lowest BCUT2D eigenvalue weighted by Gasteiger charge is -2.42. The molecule has 1 amide bonds. The molecule has 1 aromatic heterocycles. The number of H-pyrrole nitrogens is 1. The van der Waals surface area contributed by atoms with Gasteiger partial charge in [0.05, 0.1) is 29.3 Å². The third-order valence-corrected chi connectivity index (χ3v) is 6.96. The second-order valence-corrected chi connectivity index (χ2v) is 9.17. The highest BCUT2D eigenvalue weighted by molar-refractivity contribution is 5.95. The molecule has 1 saturated heterocycles. The maximum Gasteiger partial charge on any atom is 0.224 e. The highest BCUT2D eigenvalue weighted by Gasteiger charge is 2.50. The molecule has 0 radical (unpaired) electrons. The third kappa shape index (κ3) is 4.78. The molecule has 7 heteroatoms.